The summed E-state index contributed by atoms with van der Waals surface area (Å²) in [7, 11) is 0. The van der Waals surface area contributed by atoms with Gasteiger partial charge in [-0.1, -0.05) is 59.2 Å². The van der Waals surface area contributed by atoms with Crippen molar-refractivity contribution in [2.75, 3.05) is 37.6 Å². The van der Waals surface area contributed by atoms with Gasteiger partial charge in [0.1, 0.15) is 0 Å². The van der Waals surface area contributed by atoms with Crippen LogP contribution in [-0.4, -0.2) is 37.6 Å². The van der Waals surface area contributed by atoms with E-state index in [0.29, 0.717) is 16.7 Å². The molecule has 1 saturated heterocycles. The number of benzene rings is 1. The fourth-order valence-electron chi connectivity index (χ4n) is 5.78. The van der Waals surface area contributed by atoms with Crippen molar-refractivity contribution < 1.29 is 0 Å². The predicted octanol–water partition coefficient (Wildman–Crippen LogP) is 6.35. The van der Waals surface area contributed by atoms with Crippen molar-refractivity contribution in [1.82, 2.24) is 4.90 Å². The average molecular weight is 393 g/mol. The standard InChI is InChI=1S/C24H40N2.ClH/c1-6-7-12-25-13-15-26(16-14-25)22-11-9-8-10-21(22)20-17-23(2,3)19-24(4,5)18-20;/h8-11,20H,6-7,12-19H2,1-5H3;1H. The molecule has 0 bridgehead atoms. The number of anilines is 1. The van der Waals surface area contributed by atoms with Crippen molar-refractivity contribution in [2.45, 2.75) is 72.6 Å². The zero-order valence-electron chi connectivity index (χ0n) is 18.3. The fraction of sp³-hybridized carbons (Fsp3) is 0.750. The normalized spacial score (nSPS) is 23.1. The summed E-state index contributed by atoms with van der Waals surface area (Å²) in [4.78, 5) is 5.31. The first-order valence-electron chi connectivity index (χ1n) is 10.9. The Morgan fingerprint density at radius 3 is 2.11 bits per heavy atom. The molecule has 1 aromatic carbocycles. The van der Waals surface area contributed by atoms with Crippen molar-refractivity contribution in [3.8, 4) is 0 Å². The van der Waals surface area contributed by atoms with E-state index in [0.717, 1.165) is 0 Å². The Morgan fingerprint density at radius 1 is 0.926 bits per heavy atom. The number of piperazine rings is 1. The maximum absolute atomic E-state index is 2.66. The van der Waals surface area contributed by atoms with Gasteiger partial charge in [0.25, 0.3) is 0 Å². The lowest BCUT2D eigenvalue weighted by molar-refractivity contribution is 0.0970. The molecule has 1 aromatic rings. The maximum Gasteiger partial charge on any atom is 0.0402 e. The van der Waals surface area contributed by atoms with E-state index < -0.39 is 0 Å². The van der Waals surface area contributed by atoms with Crippen LogP contribution in [0.3, 0.4) is 0 Å². The van der Waals surface area contributed by atoms with Gasteiger partial charge in [-0.05, 0) is 60.6 Å². The highest BCUT2D eigenvalue weighted by Crippen LogP contribution is 2.53. The van der Waals surface area contributed by atoms with Crippen LogP contribution in [-0.2, 0) is 0 Å². The van der Waals surface area contributed by atoms with E-state index in [1.165, 1.54) is 70.5 Å². The van der Waals surface area contributed by atoms with Crippen molar-refractivity contribution in [1.29, 1.82) is 0 Å². The molecule has 1 heterocycles. The van der Waals surface area contributed by atoms with Gasteiger partial charge in [-0.2, -0.15) is 0 Å². The average Bonchev–Trinajstić information content (AvgIpc) is 2.58. The minimum Gasteiger partial charge on any atom is -0.369 e. The molecule has 0 radical (unpaired) electrons. The summed E-state index contributed by atoms with van der Waals surface area (Å²) in [6.07, 6.45) is 6.63. The van der Waals surface area contributed by atoms with Gasteiger partial charge in [-0.15, -0.1) is 12.4 Å². The second kappa shape index (κ2) is 9.18. The van der Waals surface area contributed by atoms with Gasteiger partial charge >= 0.3 is 0 Å². The second-order valence-electron chi connectivity index (χ2n) is 10.4. The molecule has 1 aliphatic carbocycles. The Bertz CT molecular complexity index is 572. The zero-order chi connectivity index (χ0) is 18.8. The highest BCUT2D eigenvalue weighted by Gasteiger charge is 2.39. The van der Waals surface area contributed by atoms with Crippen molar-refractivity contribution in [3.63, 3.8) is 0 Å². The molecule has 3 heteroatoms. The number of unbranched alkanes of at least 4 members (excludes halogenated alkanes) is 1. The molecule has 27 heavy (non-hydrogen) atoms. The minimum atomic E-state index is 0. The van der Waals surface area contributed by atoms with Gasteiger partial charge in [0.15, 0.2) is 0 Å². The van der Waals surface area contributed by atoms with Crippen molar-refractivity contribution >= 4 is 18.1 Å². The minimum absolute atomic E-state index is 0. The summed E-state index contributed by atoms with van der Waals surface area (Å²) in [5, 5.41) is 0. The van der Waals surface area contributed by atoms with E-state index >= 15 is 0 Å². The van der Waals surface area contributed by atoms with Gasteiger partial charge in [0.2, 0.25) is 0 Å². The zero-order valence-corrected chi connectivity index (χ0v) is 19.1. The molecule has 2 nitrogen and oxygen atoms in total. The van der Waals surface area contributed by atoms with Crippen molar-refractivity contribution in [3.05, 3.63) is 29.8 Å². The van der Waals surface area contributed by atoms with E-state index in [1.807, 2.05) is 0 Å². The van der Waals surface area contributed by atoms with Crippen LogP contribution in [0.2, 0.25) is 0 Å². The molecule has 0 spiro atoms. The molecule has 1 saturated carbocycles. The molecule has 0 aromatic heterocycles. The molecular formula is C24H41ClN2. The molecule has 0 amide bonds. The summed E-state index contributed by atoms with van der Waals surface area (Å²) < 4.78 is 0. The SMILES string of the molecule is CCCCN1CCN(c2ccccc2C2CC(C)(C)CC(C)(C)C2)CC1.Cl. The highest BCUT2D eigenvalue weighted by molar-refractivity contribution is 5.85. The Kier molecular flexibility index (Phi) is 7.67. The first-order valence-corrected chi connectivity index (χ1v) is 10.9. The Morgan fingerprint density at radius 2 is 1.52 bits per heavy atom. The second-order valence-corrected chi connectivity index (χ2v) is 10.4. The van der Waals surface area contributed by atoms with E-state index in [1.54, 1.807) is 5.56 Å². The molecular weight excluding hydrogens is 352 g/mol. The van der Waals surface area contributed by atoms with Gasteiger partial charge in [-0.3, -0.25) is 4.90 Å². The third-order valence-electron chi connectivity index (χ3n) is 6.47. The van der Waals surface area contributed by atoms with Crippen LogP contribution in [0.25, 0.3) is 0 Å². The van der Waals surface area contributed by atoms with E-state index in [9.17, 15) is 0 Å². The van der Waals surface area contributed by atoms with Crippen LogP contribution in [0.1, 0.15) is 78.2 Å². The largest absolute Gasteiger partial charge is 0.369 e. The number of para-hydroxylation sites is 1. The van der Waals surface area contributed by atoms with E-state index in [4.69, 9.17) is 0 Å². The summed E-state index contributed by atoms with van der Waals surface area (Å²) >= 11 is 0. The number of nitrogens with zero attached hydrogens (tertiary/aromatic N) is 2. The summed E-state index contributed by atoms with van der Waals surface area (Å²) in [5.41, 5.74) is 4.01. The predicted molar refractivity (Wildman–Crippen MR) is 121 cm³/mol. The molecule has 1 aliphatic heterocycles. The Labute approximate surface area is 174 Å². The topological polar surface area (TPSA) is 6.48 Å². The lowest BCUT2D eigenvalue weighted by Gasteiger charge is -2.46. The van der Waals surface area contributed by atoms with Crippen LogP contribution < -0.4 is 4.90 Å². The van der Waals surface area contributed by atoms with E-state index in [2.05, 4.69) is 68.7 Å². The molecule has 0 atom stereocenters. The van der Waals surface area contributed by atoms with Crippen LogP contribution >= 0.6 is 12.4 Å². The van der Waals surface area contributed by atoms with Gasteiger partial charge < -0.3 is 4.90 Å². The fourth-order valence-corrected chi connectivity index (χ4v) is 5.78. The number of hydrogen-bond acceptors (Lipinski definition) is 2. The number of halogens is 1. The summed E-state index contributed by atoms with van der Waals surface area (Å²) in [5.74, 6) is 0.697. The monoisotopic (exact) mass is 392 g/mol. The van der Waals surface area contributed by atoms with Gasteiger partial charge in [0, 0.05) is 31.9 Å². The molecule has 0 N–H and O–H groups in total. The molecule has 2 fully saturated rings. The first-order chi connectivity index (χ1) is 12.3. The van der Waals surface area contributed by atoms with Crippen LogP contribution in [0.5, 0.6) is 0 Å². The highest BCUT2D eigenvalue weighted by atomic mass is 35.5. The number of rotatable bonds is 5. The van der Waals surface area contributed by atoms with Crippen LogP contribution in [0.15, 0.2) is 24.3 Å². The maximum atomic E-state index is 2.66. The quantitative estimate of drug-likeness (QED) is 0.575. The Balaban J connectivity index is 0.00000261. The lowest BCUT2D eigenvalue weighted by atomic mass is 9.60. The molecule has 154 valence electrons. The smallest absolute Gasteiger partial charge is 0.0402 e. The van der Waals surface area contributed by atoms with Gasteiger partial charge in [0.05, 0.1) is 0 Å². The van der Waals surface area contributed by atoms with Crippen molar-refractivity contribution in [2.24, 2.45) is 10.8 Å². The first kappa shape index (κ1) is 22.6. The lowest BCUT2D eigenvalue weighted by Crippen LogP contribution is -2.47. The third-order valence-corrected chi connectivity index (χ3v) is 6.47. The summed E-state index contributed by atoms with van der Waals surface area (Å²) in [6.45, 7) is 18.2. The molecule has 2 aliphatic rings. The third kappa shape index (κ3) is 5.87. The van der Waals surface area contributed by atoms with Gasteiger partial charge in [-0.25, -0.2) is 0 Å². The van der Waals surface area contributed by atoms with Crippen LogP contribution in [0.4, 0.5) is 5.69 Å². The number of hydrogen-bond donors (Lipinski definition) is 0. The molecule has 3 rings (SSSR count). The van der Waals surface area contributed by atoms with E-state index in [-0.39, 0.29) is 12.4 Å². The molecule has 0 unspecified atom stereocenters. The van der Waals surface area contributed by atoms with Crippen LogP contribution in [0, 0.1) is 10.8 Å². The Hall–Kier alpha value is -0.730. The summed E-state index contributed by atoms with van der Waals surface area (Å²) in [6, 6.07) is 9.29.